The largest absolute Gasteiger partial charge is 0.377 e. The molecule has 1 aliphatic carbocycles. The van der Waals surface area contributed by atoms with E-state index < -0.39 is 10.0 Å². The number of sulfonamides is 1. The second kappa shape index (κ2) is 6.48. The molecule has 2 N–H and O–H groups in total. The summed E-state index contributed by atoms with van der Waals surface area (Å²) in [5.41, 5.74) is -0.367. The summed E-state index contributed by atoms with van der Waals surface area (Å²) in [6, 6.07) is 1.40. The van der Waals surface area contributed by atoms with Crippen molar-refractivity contribution in [2.24, 2.45) is 0 Å². The zero-order valence-corrected chi connectivity index (χ0v) is 13.7. The van der Waals surface area contributed by atoms with E-state index in [9.17, 15) is 8.42 Å². The minimum Gasteiger partial charge on any atom is -0.377 e. The van der Waals surface area contributed by atoms with Crippen LogP contribution in [0.15, 0.2) is 17.2 Å². The topological polar surface area (TPSA) is 80.3 Å². The molecule has 0 aromatic carbocycles. The van der Waals surface area contributed by atoms with Gasteiger partial charge < -0.3 is 10.1 Å². The van der Waals surface area contributed by atoms with Crippen LogP contribution in [0.3, 0.4) is 0 Å². The monoisotopic (exact) mass is 333 g/mol. The first-order chi connectivity index (χ1) is 9.92. The fourth-order valence-corrected chi connectivity index (χ4v) is 3.58. The minimum atomic E-state index is -3.64. The van der Waals surface area contributed by atoms with E-state index in [1.807, 2.05) is 6.92 Å². The highest BCUT2D eigenvalue weighted by Crippen LogP contribution is 2.34. The second-order valence-electron chi connectivity index (χ2n) is 5.10. The molecule has 1 aromatic rings. The molecule has 118 valence electrons. The van der Waals surface area contributed by atoms with Crippen LogP contribution in [0.4, 0.5) is 5.82 Å². The third-order valence-electron chi connectivity index (χ3n) is 3.75. The number of rotatable bonds is 7. The third kappa shape index (κ3) is 3.66. The van der Waals surface area contributed by atoms with Gasteiger partial charge in [0.15, 0.2) is 0 Å². The van der Waals surface area contributed by atoms with Gasteiger partial charge in [-0.05, 0) is 32.3 Å². The number of hydrogen-bond donors (Lipinski definition) is 2. The Morgan fingerprint density at radius 2 is 2.19 bits per heavy atom. The van der Waals surface area contributed by atoms with Crippen LogP contribution in [0.2, 0.25) is 5.02 Å². The van der Waals surface area contributed by atoms with Gasteiger partial charge in [0.05, 0.1) is 10.6 Å². The molecule has 1 aromatic heterocycles. The van der Waals surface area contributed by atoms with Crippen LogP contribution in [-0.2, 0) is 14.8 Å². The van der Waals surface area contributed by atoms with E-state index in [1.165, 1.54) is 12.3 Å². The highest BCUT2D eigenvalue weighted by Gasteiger charge is 2.38. The van der Waals surface area contributed by atoms with Gasteiger partial charge in [0.25, 0.3) is 0 Å². The highest BCUT2D eigenvalue weighted by molar-refractivity contribution is 7.89. The Morgan fingerprint density at radius 1 is 1.48 bits per heavy atom. The smallest absolute Gasteiger partial charge is 0.242 e. The Balaban J connectivity index is 2.10. The lowest BCUT2D eigenvalue weighted by atomic mass is 9.80. The standard InChI is InChI=1S/C13H20ClN3O3S/c1-3-15-12-11(14)7-10(8-16-12)21(18,19)17-9-13(20-2)5-4-6-13/h7-8,17H,3-6,9H2,1-2H3,(H,15,16). The van der Waals surface area contributed by atoms with Crippen LogP contribution in [0.5, 0.6) is 0 Å². The lowest BCUT2D eigenvalue weighted by molar-refractivity contribution is -0.0659. The van der Waals surface area contributed by atoms with Gasteiger partial charge in [0.1, 0.15) is 10.7 Å². The lowest BCUT2D eigenvalue weighted by Gasteiger charge is -2.40. The van der Waals surface area contributed by atoms with E-state index in [2.05, 4.69) is 15.0 Å². The van der Waals surface area contributed by atoms with Gasteiger partial charge in [-0.15, -0.1) is 0 Å². The lowest BCUT2D eigenvalue weighted by Crippen LogP contribution is -2.49. The molecule has 1 aliphatic rings. The fourth-order valence-electron chi connectivity index (χ4n) is 2.20. The summed E-state index contributed by atoms with van der Waals surface area (Å²) in [5.74, 6) is 0.477. The number of hydrogen-bond acceptors (Lipinski definition) is 5. The van der Waals surface area contributed by atoms with Crippen molar-refractivity contribution in [2.75, 3.05) is 25.5 Å². The average Bonchev–Trinajstić information content (AvgIpc) is 2.40. The van der Waals surface area contributed by atoms with Crippen LogP contribution in [0.1, 0.15) is 26.2 Å². The molecule has 1 fully saturated rings. The molecule has 2 rings (SSSR count). The number of methoxy groups -OCH3 is 1. The van der Waals surface area contributed by atoms with E-state index in [1.54, 1.807) is 7.11 Å². The van der Waals surface area contributed by atoms with Crippen LogP contribution in [0, 0.1) is 0 Å². The molecule has 6 nitrogen and oxygen atoms in total. The molecule has 1 heterocycles. The van der Waals surface area contributed by atoms with Crippen molar-refractivity contribution in [1.82, 2.24) is 9.71 Å². The number of anilines is 1. The van der Waals surface area contributed by atoms with Crippen LogP contribution in [-0.4, -0.2) is 39.2 Å². The Bertz CT molecular complexity index is 597. The molecule has 0 spiro atoms. The molecule has 0 bridgehead atoms. The predicted octanol–water partition coefficient (Wildman–Crippen LogP) is 2.01. The van der Waals surface area contributed by atoms with Gasteiger partial charge in [0.2, 0.25) is 10.0 Å². The molecule has 0 amide bonds. The summed E-state index contributed by atoms with van der Waals surface area (Å²) >= 11 is 6.03. The molecule has 0 unspecified atom stereocenters. The quantitative estimate of drug-likeness (QED) is 0.798. The summed E-state index contributed by atoms with van der Waals surface area (Å²) in [4.78, 5) is 4.09. The number of ether oxygens (including phenoxy) is 1. The van der Waals surface area contributed by atoms with Crippen LogP contribution in [0.25, 0.3) is 0 Å². The Kier molecular flexibility index (Phi) is 5.08. The molecule has 0 saturated heterocycles. The first kappa shape index (κ1) is 16.5. The van der Waals surface area contributed by atoms with E-state index in [0.29, 0.717) is 12.4 Å². The third-order valence-corrected chi connectivity index (χ3v) is 5.41. The molecular weight excluding hydrogens is 314 g/mol. The summed E-state index contributed by atoms with van der Waals surface area (Å²) in [7, 11) is -2.03. The van der Waals surface area contributed by atoms with E-state index in [0.717, 1.165) is 19.3 Å². The van der Waals surface area contributed by atoms with Crippen molar-refractivity contribution in [3.63, 3.8) is 0 Å². The first-order valence-electron chi connectivity index (χ1n) is 6.87. The summed E-state index contributed by atoms with van der Waals surface area (Å²) in [6.45, 7) is 2.83. The Morgan fingerprint density at radius 3 is 2.67 bits per heavy atom. The zero-order valence-electron chi connectivity index (χ0n) is 12.1. The Hall–Kier alpha value is -0.890. The molecule has 0 atom stereocenters. The second-order valence-corrected chi connectivity index (χ2v) is 7.27. The average molecular weight is 334 g/mol. The number of nitrogens with one attached hydrogen (secondary N) is 2. The normalized spacial score (nSPS) is 17.3. The summed E-state index contributed by atoms with van der Waals surface area (Å²) in [6.07, 6.45) is 4.08. The molecule has 0 aliphatic heterocycles. The minimum absolute atomic E-state index is 0.0553. The van der Waals surface area contributed by atoms with E-state index >= 15 is 0 Å². The van der Waals surface area contributed by atoms with Gasteiger partial charge >= 0.3 is 0 Å². The molecule has 0 radical (unpaired) electrons. The van der Waals surface area contributed by atoms with Crippen LogP contribution < -0.4 is 10.0 Å². The first-order valence-corrected chi connectivity index (χ1v) is 8.73. The van der Waals surface area contributed by atoms with Gasteiger partial charge in [-0.1, -0.05) is 11.6 Å². The summed E-state index contributed by atoms with van der Waals surface area (Å²) < 4.78 is 32.5. The van der Waals surface area contributed by atoms with E-state index in [4.69, 9.17) is 16.3 Å². The molecule has 1 saturated carbocycles. The van der Waals surface area contributed by atoms with Crippen molar-refractivity contribution < 1.29 is 13.2 Å². The Labute approximate surface area is 130 Å². The SMILES string of the molecule is CCNc1ncc(S(=O)(=O)NCC2(OC)CCC2)cc1Cl. The van der Waals surface area contributed by atoms with Gasteiger partial charge in [-0.3, -0.25) is 0 Å². The number of nitrogens with zero attached hydrogens (tertiary/aromatic N) is 1. The highest BCUT2D eigenvalue weighted by atomic mass is 35.5. The maximum absolute atomic E-state index is 12.3. The number of halogens is 1. The summed E-state index contributed by atoms with van der Waals surface area (Å²) in [5, 5.41) is 3.24. The van der Waals surface area contributed by atoms with Crippen molar-refractivity contribution in [1.29, 1.82) is 0 Å². The van der Waals surface area contributed by atoms with Gasteiger partial charge in [-0.2, -0.15) is 0 Å². The van der Waals surface area contributed by atoms with Gasteiger partial charge in [0, 0.05) is 26.4 Å². The van der Waals surface area contributed by atoms with E-state index in [-0.39, 0.29) is 22.1 Å². The molecular formula is C13H20ClN3O3S. The van der Waals surface area contributed by atoms with Gasteiger partial charge in [-0.25, -0.2) is 18.1 Å². The zero-order chi connectivity index (χ0) is 15.5. The van der Waals surface area contributed by atoms with Crippen molar-refractivity contribution in [3.8, 4) is 0 Å². The molecule has 21 heavy (non-hydrogen) atoms. The number of pyridine rings is 1. The molecule has 8 heteroatoms. The van der Waals surface area contributed by atoms with Crippen LogP contribution >= 0.6 is 11.6 Å². The maximum Gasteiger partial charge on any atom is 0.242 e. The van der Waals surface area contributed by atoms with Crippen molar-refractivity contribution in [3.05, 3.63) is 17.3 Å². The predicted molar refractivity (Wildman–Crippen MR) is 82.2 cm³/mol. The van der Waals surface area contributed by atoms with Crippen molar-refractivity contribution >= 4 is 27.4 Å². The maximum atomic E-state index is 12.3. The number of aromatic nitrogens is 1. The van der Waals surface area contributed by atoms with Crippen molar-refractivity contribution in [2.45, 2.75) is 36.7 Å². The fraction of sp³-hybridized carbons (Fsp3) is 0.615.